The van der Waals surface area contributed by atoms with Crippen LogP contribution < -0.4 is 5.32 Å². The van der Waals surface area contributed by atoms with Crippen molar-refractivity contribution in [1.82, 2.24) is 5.32 Å². The molecule has 0 aliphatic rings. The monoisotopic (exact) mass is 231 g/mol. The highest BCUT2D eigenvalue weighted by Crippen LogP contribution is 2.17. The molecule has 0 bridgehead atoms. The summed E-state index contributed by atoms with van der Waals surface area (Å²) in [5, 5.41) is 12.0. The third-order valence-electron chi connectivity index (χ3n) is 2.15. The lowest BCUT2D eigenvalue weighted by Gasteiger charge is -2.10. The zero-order chi connectivity index (χ0) is 11.3. The van der Waals surface area contributed by atoms with E-state index in [0.29, 0.717) is 18.7 Å². The summed E-state index contributed by atoms with van der Waals surface area (Å²) in [5.74, 6) is -0.199. The number of hydrogen-bond donors (Lipinski definition) is 2. The highest BCUT2D eigenvalue weighted by Gasteiger charge is 2.06. The van der Waals surface area contributed by atoms with Gasteiger partial charge in [0.2, 0.25) is 0 Å². The molecular weight excluding hydrogens is 217 g/mol. The van der Waals surface area contributed by atoms with Crippen molar-refractivity contribution in [1.29, 1.82) is 0 Å². The van der Waals surface area contributed by atoms with E-state index in [1.165, 1.54) is 6.07 Å². The van der Waals surface area contributed by atoms with Crippen molar-refractivity contribution in [3.63, 3.8) is 0 Å². The van der Waals surface area contributed by atoms with E-state index in [4.69, 9.17) is 16.7 Å². The molecule has 2 nitrogen and oxygen atoms in total. The molecule has 1 unspecified atom stereocenters. The second kappa shape index (κ2) is 6.05. The first-order valence-corrected chi connectivity index (χ1v) is 5.27. The Balaban J connectivity index is 2.47. The molecule has 0 aromatic heterocycles. The molecule has 4 heteroatoms. The zero-order valence-corrected chi connectivity index (χ0v) is 9.39. The first-order chi connectivity index (χ1) is 7.15. The van der Waals surface area contributed by atoms with Crippen LogP contribution in [0.1, 0.15) is 12.5 Å². The van der Waals surface area contributed by atoms with Gasteiger partial charge in [-0.15, -0.1) is 0 Å². The number of aliphatic hydroxyl groups is 1. The Bertz CT molecular complexity index is 319. The van der Waals surface area contributed by atoms with Crippen molar-refractivity contribution < 1.29 is 9.50 Å². The maximum Gasteiger partial charge on any atom is 0.146 e. The SMILES string of the molecule is CC(CO)CNCc1cccc(Cl)c1F. The first kappa shape index (κ1) is 12.4. The van der Waals surface area contributed by atoms with Crippen LogP contribution in [0, 0.1) is 11.7 Å². The summed E-state index contributed by atoms with van der Waals surface area (Å²) in [6, 6.07) is 4.94. The Hall–Kier alpha value is -0.640. The molecular formula is C11H15ClFNO. The van der Waals surface area contributed by atoms with Gasteiger partial charge in [0.25, 0.3) is 0 Å². The van der Waals surface area contributed by atoms with Crippen molar-refractivity contribution in [2.45, 2.75) is 13.5 Å². The third-order valence-corrected chi connectivity index (χ3v) is 2.44. The lowest BCUT2D eigenvalue weighted by molar-refractivity contribution is 0.233. The predicted octanol–water partition coefficient (Wildman–Crippen LogP) is 2.20. The minimum Gasteiger partial charge on any atom is -0.396 e. The van der Waals surface area contributed by atoms with Gasteiger partial charge in [-0.1, -0.05) is 30.7 Å². The predicted molar refractivity (Wildman–Crippen MR) is 59.4 cm³/mol. The van der Waals surface area contributed by atoms with Crippen LogP contribution in [-0.4, -0.2) is 18.3 Å². The maximum atomic E-state index is 13.4. The fourth-order valence-electron chi connectivity index (χ4n) is 1.20. The molecule has 0 saturated heterocycles. The van der Waals surface area contributed by atoms with Gasteiger partial charge in [0.15, 0.2) is 0 Å². The van der Waals surface area contributed by atoms with Gasteiger partial charge in [-0.2, -0.15) is 0 Å². The largest absolute Gasteiger partial charge is 0.396 e. The molecule has 1 aromatic rings. The second-order valence-electron chi connectivity index (χ2n) is 3.63. The molecule has 0 radical (unpaired) electrons. The van der Waals surface area contributed by atoms with Crippen molar-refractivity contribution in [2.24, 2.45) is 5.92 Å². The van der Waals surface area contributed by atoms with E-state index >= 15 is 0 Å². The van der Waals surface area contributed by atoms with Crippen LogP contribution in [0.3, 0.4) is 0 Å². The van der Waals surface area contributed by atoms with Gasteiger partial charge in [0, 0.05) is 25.3 Å². The van der Waals surface area contributed by atoms with Crippen molar-refractivity contribution in [2.75, 3.05) is 13.2 Å². The molecule has 0 heterocycles. The van der Waals surface area contributed by atoms with Crippen LogP contribution in [-0.2, 0) is 6.54 Å². The topological polar surface area (TPSA) is 32.3 Å². The molecule has 0 aliphatic carbocycles. The minimum absolute atomic E-state index is 0.130. The van der Waals surface area contributed by atoms with Gasteiger partial charge in [-0.25, -0.2) is 4.39 Å². The molecule has 0 aliphatic heterocycles. The molecule has 0 fully saturated rings. The molecule has 2 N–H and O–H groups in total. The van der Waals surface area contributed by atoms with Crippen LogP contribution >= 0.6 is 11.6 Å². The van der Waals surface area contributed by atoms with E-state index in [2.05, 4.69) is 5.32 Å². The summed E-state index contributed by atoms with van der Waals surface area (Å²) in [5.41, 5.74) is 0.549. The Morgan fingerprint density at radius 3 is 2.93 bits per heavy atom. The molecule has 84 valence electrons. The normalized spacial score (nSPS) is 12.8. The van der Waals surface area contributed by atoms with E-state index in [-0.39, 0.29) is 23.4 Å². The first-order valence-electron chi connectivity index (χ1n) is 4.89. The zero-order valence-electron chi connectivity index (χ0n) is 8.63. The highest BCUT2D eigenvalue weighted by molar-refractivity contribution is 6.30. The van der Waals surface area contributed by atoms with Gasteiger partial charge in [-0.3, -0.25) is 0 Å². The van der Waals surface area contributed by atoms with Crippen LogP contribution in [0.2, 0.25) is 5.02 Å². The number of halogens is 2. The van der Waals surface area contributed by atoms with E-state index in [1.807, 2.05) is 6.92 Å². The second-order valence-corrected chi connectivity index (χ2v) is 4.04. The van der Waals surface area contributed by atoms with Crippen LogP contribution in [0.25, 0.3) is 0 Å². The summed E-state index contributed by atoms with van der Waals surface area (Å²) in [4.78, 5) is 0. The minimum atomic E-state index is -0.372. The Kier molecular flexibility index (Phi) is 5.02. The van der Waals surface area contributed by atoms with E-state index in [1.54, 1.807) is 12.1 Å². The lowest BCUT2D eigenvalue weighted by atomic mass is 10.2. The van der Waals surface area contributed by atoms with Gasteiger partial charge >= 0.3 is 0 Å². The molecule has 0 spiro atoms. The fourth-order valence-corrected chi connectivity index (χ4v) is 1.40. The average molecular weight is 232 g/mol. The number of aliphatic hydroxyl groups excluding tert-OH is 1. The van der Waals surface area contributed by atoms with Gasteiger partial charge in [0.05, 0.1) is 5.02 Å². The van der Waals surface area contributed by atoms with E-state index in [0.717, 1.165) is 0 Å². The molecule has 0 saturated carbocycles. The summed E-state index contributed by atoms with van der Waals surface area (Å²) < 4.78 is 13.4. The molecule has 1 rings (SSSR count). The highest BCUT2D eigenvalue weighted by atomic mass is 35.5. The number of nitrogens with one attached hydrogen (secondary N) is 1. The van der Waals surface area contributed by atoms with E-state index < -0.39 is 0 Å². The number of benzene rings is 1. The summed E-state index contributed by atoms with van der Waals surface area (Å²) in [6.07, 6.45) is 0. The van der Waals surface area contributed by atoms with Crippen molar-refractivity contribution in [3.8, 4) is 0 Å². The quantitative estimate of drug-likeness (QED) is 0.814. The van der Waals surface area contributed by atoms with Gasteiger partial charge in [0.1, 0.15) is 5.82 Å². The lowest BCUT2D eigenvalue weighted by Crippen LogP contribution is -2.23. The number of hydrogen-bond acceptors (Lipinski definition) is 2. The van der Waals surface area contributed by atoms with Crippen molar-refractivity contribution >= 4 is 11.6 Å². The third kappa shape index (κ3) is 3.78. The van der Waals surface area contributed by atoms with Gasteiger partial charge < -0.3 is 10.4 Å². The molecule has 15 heavy (non-hydrogen) atoms. The number of rotatable bonds is 5. The smallest absolute Gasteiger partial charge is 0.146 e. The average Bonchev–Trinajstić information content (AvgIpc) is 2.24. The van der Waals surface area contributed by atoms with Crippen LogP contribution in [0.4, 0.5) is 4.39 Å². The Labute approximate surface area is 94.1 Å². The standard InChI is InChI=1S/C11H15ClFNO/c1-8(7-15)5-14-6-9-3-2-4-10(12)11(9)13/h2-4,8,14-15H,5-7H2,1H3. The summed E-state index contributed by atoms with van der Waals surface area (Å²) in [7, 11) is 0. The fraction of sp³-hybridized carbons (Fsp3) is 0.455. The Morgan fingerprint density at radius 2 is 2.27 bits per heavy atom. The molecule has 1 aromatic carbocycles. The van der Waals surface area contributed by atoms with Crippen LogP contribution in [0.15, 0.2) is 18.2 Å². The van der Waals surface area contributed by atoms with Crippen LogP contribution in [0.5, 0.6) is 0 Å². The summed E-state index contributed by atoms with van der Waals surface area (Å²) >= 11 is 5.64. The van der Waals surface area contributed by atoms with Crippen molar-refractivity contribution in [3.05, 3.63) is 34.6 Å². The molecule has 1 atom stereocenters. The molecule has 0 amide bonds. The van der Waals surface area contributed by atoms with Gasteiger partial charge in [-0.05, 0) is 12.0 Å². The summed E-state index contributed by atoms with van der Waals surface area (Å²) in [6.45, 7) is 3.13. The Morgan fingerprint density at radius 1 is 1.53 bits per heavy atom. The maximum absolute atomic E-state index is 13.4. The van der Waals surface area contributed by atoms with E-state index in [9.17, 15) is 4.39 Å².